The number of nitrogens with zero attached hydrogens (tertiary/aromatic N) is 1. The van der Waals surface area contributed by atoms with Gasteiger partial charge in [-0.05, 0) is 58.8 Å². The zero-order valence-corrected chi connectivity index (χ0v) is 20.2. The Kier molecular flexibility index (Phi) is 7.09. The van der Waals surface area contributed by atoms with E-state index in [1.165, 1.54) is 14.0 Å². The number of halogens is 1. The zero-order chi connectivity index (χ0) is 23.6. The first-order valence-electron chi connectivity index (χ1n) is 10.2. The third-order valence-electron chi connectivity index (χ3n) is 5.24. The Morgan fingerprint density at radius 1 is 1.31 bits per heavy atom. The lowest BCUT2D eigenvalue weighted by Gasteiger charge is -2.24. The fourth-order valence-corrected chi connectivity index (χ4v) is 4.21. The topological polar surface area (TPSA) is 94.9 Å². The zero-order valence-electron chi connectivity index (χ0n) is 18.6. The Hall–Kier alpha value is -3.05. The molecule has 0 saturated heterocycles. The summed E-state index contributed by atoms with van der Waals surface area (Å²) in [5, 5.41) is 9.60. The smallest absolute Gasteiger partial charge is 0.346 e. The van der Waals surface area contributed by atoms with Crippen LogP contribution in [0.15, 0.2) is 16.6 Å². The molecule has 1 aliphatic rings. The van der Waals surface area contributed by atoms with E-state index in [9.17, 15) is 14.9 Å². The number of esters is 2. The van der Waals surface area contributed by atoms with E-state index in [2.05, 4.69) is 35.8 Å². The molecule has 2 aromatic rings. The SMILES string of the molecule is COc1c(CCC(C)C)ccc2c1C(=O)OCc1c(C)c(C#N)c(Br)c(OC(C)=O)c1O2. The van der Waals surface area contributed by atoms with Crippen LogP contribution in [0.1, 0.15) is 59.8 Å². The van der Waals surface area contributed by atoms with Crippen LogP contribution < -0.4 is 14.2 Å². The number of carbonyl (C=O) groups is 2. The number of cyclic esters (lactones) is 1. The van der Waals surface area contributed by atoms with Crippen molar-refractivity contribution < 1.29 is 28.5 Å². The van der Waals surface area contributed by atoms with Crippen molar-refractivity contribution in [2.45, 2.75) is 47.1 Å². The molecule has 0 unspecified atom stereocenters. The van der Waals surface area contributed by atoms with E-state index in [1.54, 1.807) is 13.0 Å². The van der Waals surface area contributed by atoms with E-state index in [0.29, 0.717) is 27.3 Å². The Balaban J connectivity index is 2.23. The molecular formula is C24H24BrNO6. The van der Waals surface area contributed by atoms with Crippen LogP contribution in [0.3, 0.4) is 0 Å². The lowest BCUT2D eigenvalue weighted by molar-refractivity contribution is -0.132. The molecule has 0 fully saturated rings. The molecule has 0 N–H and O–H groups in total. The van der Waals surface area contributed by atoms with Gasteiger partial charge in [0.1, 0.15) is 29.7 Å². The molecular weight excluding hydrogens is 478 g/mol. The van der Waals surface area contributed by atoms with Gasteiger partial charge >= 0.3 is 11.9 Å². The van der Waals surface area contributed by atoms with Crippen molar-refractivity contribution in [2.75, 3.05) is 7.11 Å². The first-order chi connectivity index (χ1) is 15.2. The molecule has 2 aromatic carbocycles. The van der Waals surface area contributed by atoms with Gasteiger partial charge < -0.3 is 18.9 Å². The Labute approximate surface area is 195 Å². The van der Waals surface area contributed by atoms with Crippen molar-refractivity contribution in [1.82, 2.24) is 0 Å². The largest absolute Gasteiger partial charge is 0.495 e. The molecule has 0 atom stereocenters. The highest BCUT2D eigenvalue weighted by Gasteiger charge is 2.31. The van der Waals surface area contributed by atoms with Gasteiger partial charge in [-0.15, -0.1) is 0 Å². The normalized spacial score (nSPS) is 12.5. The van der Waals surface area contributed by atoms with Gasteiger partial charge in [-0.25, -0.2) is 4.79 Å². The summed E-state index contributed by atoms with van der Waals surface area (Å²) in [5.74, 6) is 0.183. The average Bonchev–Trinajstić information content (AvgIpc) is 2.73. The lowest BCUT2D eigenvalue weighted by atomic mass is 9.98. The average molecular weight is 502 g/mol. The van der Waals surface area contributed by atoms with Crippen molar-refractivity contribution in [1.29, 1.82) is 5.26 Å². The molecule has 0 saturated carbocycles. The minimum Gasteiger partial charge on any atom is -0.495 e. The quantitative estimate of drug-likeness (QED) is 0.387. The fraction of sp³-hybridized carbons (Fsp3) is 0.375. The summed E-state index contributed by atoms with van der Waals surface area (Å²) >= 11 is 3.36. The van der Waals surface area contributed by atoms with Crippen LogP contribution in [0, 0.1) is 24.2 Å². The molecule has 0 bridgehead atoms. The number of nitriles is 1. The van der Waals surface area contributed by atoms with Crippen LogP contribution >= 0.6 is 15.9 Å². The van der Waals surface area contributed by atoms with Gasteiger partial charge in [0.05, 0.1) is 17.1 Å². The first kappa shape index (κ1) is 23.6. The molecule has 1 aliphatic heterocycles. The fourth-order valence-electron chi connectivity index (χ4n) is 3.57. The van der Waals surface area contributed by atoms with Crippen LogP contribution in [0.4, 0.5) is 0 Å². The van der Waals surface area contributed by atoms with E-state index in [-0.39, 0.29) is 35.0 Å². The number of benzene rings is 2. The second-order valence-corrected chi connectivity index (χ2v) is 8.69. The summed E-state index contributed by atoms with van der Waals surface area (Å²) in [6.07, 6.45) is 1.65. The molecule has 7 nitrogen and oxygen atoms in total. The van der Waals surface area contributed by atoms with E-state index in [1.807, 2.05) is 6.07 Å². The highest BCUT2D eigenvalue weighted by molar-refractivity contribution is 9.10. The van der Waals surface area contributed by atoms with Gasteiger partial charge in [-0.3, -0.25) is 4.79 Å². The standard InChI is InChI=1S/C24H24BrNO6/c1-12(2)6-7-15-8-9-18-19(21(15)29-5)24(28)30-11-17-13(3)16(10-26)20(25)23(22(17)32-18)31-14(4)27/h8-9,12H,6-7,11H2,1-5H3. The van der Waals surface area contributed by atoms with Crippen LogP contribution in [0.25, 0.3) is 0 Å². The van der Waals surface area contributed by atoms with Crippen molar-refractivity contribution >= 4 is 27.9 Å². The van der Waals surface area contributed by atoms with Gasteiger partial charge in [0, 0.05) is 12.5 Å². The molecule has 0 amide bonds. The summed E-state index contributed by atoms with van der Waals surface area (Å²) in [7, 11) is 1.50. The van der Waals surface area contributed by atoms with E-state index >= 15 is 0 Å². The highest BCUT2D eigenvalue weighted by atomic mass is 79.9. The van der Waals surface area contributed by atoms with Crippen molar-refractivity contribution in [2.24, 2.45) is 5.92 Å². The summed E-state index contributed by atoms with van der Waals surface area (Å²) < 4.78 is 23.0. The Morgan fingerprint density at radius 2 is 2.03 bits per heavy atom. The number of fused-ring (bicyclic) bond motifs is 2. The summed E-state index contributed by atoms with van der Waals surface area (Å²) in [6.45, 7) is 7.07. The van der Waals surface area contributed by atoms with Crippen LogP contribution in [-0.4, -0.2) is 19.0 Å². The second-order valence-electron chi connectivity index (χ2n) is 7.90. The predicted octanol–water partition coefficient (Wildman–Crippen LogP) is 5.61. The number of aryl methyl sites for hydroxylation is 1. The lowest BCUT2D eigenvalue weighted by Crippen LogP contribution is -2.16. The third-order valence-corrected chi connectivity index (χ3v) is 6.00. The van der Waals surface area contributed by atoms with E-state index < -0.39 is 11.9 Å². The number of methoxy groups -OCH3 is 1. The predicted molar refractivity (Wildman–Crippen MR) is 120 cm³/mol. The van der Waals surface area contributed by atoms with Gasteiger partial charge in [0.2, 0.25) is 0 Å². The number of carbonyl (C=O) groups excluding carboxylic acids is 2. The van der Waals surface area contributed by atoms with Crippen molar-refractivity contribution in [3.63, 3.8) is 0 Å². The molecule has 3 rings (SSSR count). The van der Waals surface area contributed by atoms with Crippen molar-refractivity contribution in [3.8, 4) is 29.1 Å². The van der Waals surface area contributed by atoms with Crippen LogP contribution in [0.5, 0.6) is 23.0 Å². The molecule has 32 heavy (non-hydrogen) atoms. The molecule has 0 radical (unpaired) electrons. The number of hydrogen-bond donors (Lipinski definition) is 0. The number of rotatable bonds is 5. The highest BCUT2D eigenvalue weighted by Crippen LogP contribution is 2.48. The minimum atomic E-state index is -0.594. The monoisotopic (exact) mass is 501 g/mol. The van der Waals surface area contributed by atoms with Gasteiger partial charge in [-0.1, -0.05) is 19.9 Å². The molecule has 0 aliphatic carbocycles. The Bertz CT molecular complexity index is 1130. The van der Waals surface area contributed by atoms with Crippen LogP contribution in [-0.2, 0) is 22.6 Å². The maximum atomic E-state index is 13.0. The second kappa shape index (κ2) is 9.61. The maximum Gasteiger partial charge on any atom is 0.346 e. The van der Waals surface area contributed by atoms with E-state index in [0.717, 1.165) is 18.4 Å². The summed E-state index contributed by atoms with van der Waals surface area (Å²) in [5.41, 5.74) is 2.32. The third kappa shape index (κ3) is 4.44. The minimum absolute atomic E-state index is 0.0569. The maximum absolute atomic E-state index is 13.0. The van der Waals surface area contributed by atoms with Crippen LogP contribution in [0.2, 0.25) is 0 Å². The molecule has 0 spiro atoms. The molecule has 1 heterocycles. The van der Waals surface area contributed by atoms with Gasteiger partial charge in [-0.2, -0.15) is 5.26 Å². The van der Waals surface area contributed by atoms with Gasteiger partial charge in [0.25, 0.3) is 0 Å². The molecule has 8 heteroatoms. The van der Waals surface area contributed by atoms with Crippen molar-refractivity contribution in [3.05, 3.63) is 44.4 Å². The number of ether oxygens (including phenoxy) is 4. The summed E-state index contributed by atoms with van der Waals surface area (Å²) in [4.78, 5) is 24.8. The summed E-state index contributed by atoms with van der Waals surface area (Å²) in [6, 6.07) is 5.62. The van der Waals surface area contributed by atoms with E-state index in [4.69, 9.17) is 18.9 Å². The molecule has 168 valence electrons. The molecule has 0 aromatic heterocycles. The first-order valence-corrected chi connectivity index (χ1v) is 11.0. The Morgan fingerprint density at radius 3 is 2.62 bits per heavy atom. The number of hydrogen-bond acceptors (Lipinski definition) is 7. The van der Waals surface area contributed by atoms with Gasteiger partial charge in [0.15, 0.2) is 11.5 Å².